The van der Waals surface area contributed by atoms with E-state index >= 15 is 0 Å². The number of piperidine rings is 1. The lowest BCUT2D eigenvalue weighted by atomic mass is 9.98. The van der Waals surface area contributed by atoms with Gasteiger partial charge in [0.1, 0.15) is 0 Å². The first kappa shape index (κ1) is 27.1. The van der Waals surface area contributed by atoms with E-state index in [-0.39, 0.29) is 24.0 Å². The molecule has 0 bridgehead atoms. The summed E-state index contributed by atoms with van der Waals surface area (Å²) in [7, 11) is 0. The van der Waals surface area contributed by atoms with Crippen LogP contribution in [0, 0.1) is 6.92 Å². The predicted octanol–water partition coefficient (Wildman–Crippen LogP) is 5.33. The summed E-state index contributed by atoms with van der Waals surface area (Å²) in [5.74, 6) is -0.0239. The molecular formula is C34H35N7O2. The standard InChI is InChI=1S/C34H35N7O2/c1-22-14-23(15-27-19-36-39-33(22)27)16-31(30-17-24-6-2-3-7-25(24)18-35-30)37-32(42)21-40-12-10-28(11-13-40)41-20-26-8-4-5-9-29(26)38-34(41)43/h2-9,14-15,17-19,28,31H,10-13,16,20-21H2,1H3,(H,36,39)(H,37,42)(H,38,43). The molecule has 3 amide bonds. The van der Waals surface area contributed by atoms with Crippen molar-refractivity contribution in [1.29, 1.82) is 0 Å². The van der Waals surface area contributed by atoms with Gasteiger partial charge >= 0.3 is 6.03 Å². The Morgan fingerprint density at radius 1 is 1.00 bits per heavy atom. The monoisotopic (exact) mass is 573 g/mol. The van der Waals surface area contributed by atoms with E-state index in [1.54, 1.807) is 0 Å². The molecule has 218 valence electrons. The number of pyridine rings is 1. The average molecular weight is 574 g/mol. The van der Waals surface area contributed by atoms with E-state index in [0.29, 0.717) is 19.5 Å². The molecule has 3 N–H and O–H groups in total. The lowest BCUT2D eigenvalue weighted by Gasteiger charge is -2.40. The number of likely N-dealkylation sites (tertiary alicyclic amines) is 1. The van der Waals surface area contributed by atoms with E-state index < -0.39 is 0 Å². The number of aromatic amines is 1. The van der Waals surface area contributed by atoms with Gasteiger partial charge in [-0.05, 0) is 66.5 Å². The van der Waals surface area contributed by atoms with Gasteiger partial charge in [0.05, 0.1) is 30.0 Å². The molecule has 7 rings (SSSR count). The number of benzene rings is 3. The SMILES string of the molecule is Cc1cc(CC(NC(=O)CN2CCC(N3Cc4ccccc4NC3=O)CC2)c2cc3ccccc3cn2)cc2cn[nH]c12. The number of anilines is 1. The topological polar surface area (TPSA) is 106 Å². The molecule has 9 nitrogen and oxygen atoms in total. The Bertz CT molecular complexity index is 1810. The average Bonchev–Trinajstić information content (AvgIpc) is 3.50. The molecule has 0 aliphatic carbocycles. The van der Waals surface area contributed by atoms with Gasteiger partial charge in [-0.25, -0.2) is 4.79 Å². The molecule has 1 atom stereocenters. The van der Waals surface area contributed by atoms with Crippen molar-refractivity contribution in [2.75, 3.05) is 25.0 Å². The van der Waals surface area contributed by atoms with Gasteiger partial charge in [0.25, 0.3) is 0 Å². The third-order valence-corrected chi connectivity index (χ3v) is 8.82. The van der Waals surface area contributed by atoms with Crippen LogP contribution in [-0.2, 0) is 17.8 Å². The van der Waals surface area contributed by atoms with Gasteiger partial charge in [-0.15, -0.1) is 0 Å². The zero-order valence-electron chi connectivity index (χ0n) is 24.2. The number of aryl methyl sites for hydroxylation is 1. The highest BCUT2D eigenvalue weighted by Gasteiger charge is 2.32. The summed E-state index contributed by atoms with van der Waals surface area (Å²) in [5.41, 5.74) is 6.14. The Kier molecular flexibility index (Phi) is 7.24. The van der Waals surface area contributed by atoms with Gasteiger partial charge in [0.15, 0.2) is 0 Å². The maximum absolute atomic E-state index is 13.5. The van der Waals surface area contributed by atoms with Crippen molar-refractivity contribution in [2.45, 2.75) is 44.8 Å². The molecule has 2 aliphatic heterocycles. The van der Waals surface area contributed by atoms with Gasteiger partial charge in [-0.1, -0.05) is 48.5 Å². The largest absolute Gasteiger partial charge is 0.346 e. The Morgan fingerprint density at radius 2 is 1.79 bits per heavy atom. The van der Waals surface area contributed by atoms with Crippen molar-refractivity contribution >= 4 is 39.3 Å². The number of carbonyl (C=O) groups excluding carboxylic acids is 2. The van der Waals surface area contributed by atoms with Gasteiger partial charge in [0.2, 0.25) is 5.91 Å². The first-order valence-electron chi connectivity index (χ1n) is 14.9. The molecule has 1 unspecified atom stereocenters. The Labute approximate surface area is 250 Å². The molecule has 4 heterocycles. The van der Waals surface area contributed by atoms with Crippen LogP contribution in [0.5, 0.6) is 0 Å². The molecule has 2 aromatic heterocycles. The molecule has 1 saturated heterocycles. The summed E-state index contributed by atoms with van der Waals surface area (Å²) in [5, 5.41) is 16.8. The van der Waals surface area contributed by atoms with Crippen molar-refractivity contribution in [2.24, 2.45) is 0 Å². The highest BCUT2D eigenvalue weighted by Crippen LogP contribution is 2.28. The van der Waals surface area contributed by atoms with Gasteiger partial charge in [-0.3, -0.25) is 19.8 Å². The number of nitrogens with one attached hydrogen (secondary N) is 3. The number of urea groups is 1. The summed E-state index contributed by atoms with van der Waals surface area (Å²) in [6.45, 7) is 4.53. The Morgan fingerprint density at radius 3 is 2.65 bits per heavy atom. The van der Waals surface area contributed by atoms with Crippen LogP contribution in [0.4, 0.5) is 10.5 Å². The van der Waals surface area contributed by atoms with Gasteiger partial charge in [-0.2, -0.15) is 5.10 Å². The minimum atomic E-state index is -0.282. The first-order chi connectivity index (χ1) is 21.0. The second kappa shape index (κ2) is 11.5. The minimum Gasteiger partial charge on any atom is -0.346 e. The van der Waals surface area contributed by atoms with Crippen LogP contribution in [0.15, 0.2) is 79.1 Å². The molecule has 0 spiro atoms. The highest BCUT2D eigenvalue weighted by molar-refractivity contribution is 5.92. The summed E-state index contributed by atoms with van der Waals surface area (Å²) >= 11 is 0. The lowest BCUT2D eigenvalue weighted by Crippen LogP contribution is -2.51. The Balaban J connectivity index is 1.03. The van der Waals surface area contributed by atoms with Crippen LogP contribution in [0.1, 0.15) is 41.3 Å². The van der Waals surface area contributed by atoms with Crippen molar-refractivity contribution in [3.63, 3.8) is 0 Å². The summed E-state index contributed by atoms with van der Waals surface area (Å²) in [4.78, 5) is 35.2. The second-order valence-electron chi connectivity index (χ2n) is 11.8. The van der Waals surface area contributed by atoms with E-state index in [1.807, 2.05) is 53.7 Å². The molecule has 3 aromatic carbocycles. The smallest absolute Gasteiger partial charge is 0.322 e. The van der Waals surface area contributed by atoms with Crippen molar-refractivity contribution in [3.8, 4) is 0 Å². The van der Waals surface area contributed by atoms with E-state index in [0.717, 1.165) is 75.7 Å². The number of rotatable bonds is 7. The molecule has 2 aliphatic rings. The van der Waals surface area contributed by atoms with Crippen molar-refractivity contribution < 1.29 is 9.59 Å². The van der Waals surface area contributed by atoms with Gasteiger partial charge in [0, 0.05) is 48.3 Å². The number of H-pyrrole nitrogens is 1. The predicted molar refractivity (Wildman–Crippen MR) is 168 cm³/mol. The number of amides is 3. The van der Waals surface area contributed by atoms with Crippen LogP contribution in [0.3, 0.4) is 0 Å². The first-order valence-corrected chi connectivity index (χ1v) is 14.9. The number of carbonyl (C=O) groups is 2. The van der Waals surface area contributed by atoms with E-state index in [4.69, 9.17) is 4.98 Å². The molecule has 0 radical (unpaired) electrons. The van der Waals surface area contributed by atoms with Crippen LogP contribution in [0.25, 0.3) is 21.7 Å². The molecule has 0 saturated carbocycles. The Hall–Kier alpha value is -4.76. The number of para-hydroxylation sites is 1. The van der Waals surface area contributed by atoms with Crippen LogP contribution in [-0.4, -0.2) is 62.6 Å². The second-order valence-corrected chi connectivity index (χ2v) is 11.8. The third-order valence-electron chi connectivity index (χ3n) is 8.82. The van der Waals surface area contributed by atoms with Crippen LogP contribution in [0.2, 0.25) is 0 Å². The maximum Gasteiger partial charge on any atom is 0.322 e. The third kappa shape index (κ3) is 5.68. The normalized spacial score (nSPS) is 16.7. The van der Waals surface area contributed by atoms with Crippen molar-refractivity contribution in [1.82, 2.24) is 30.3 Å². The van der Waals surface area contributed by atoms with E-state index in [9.17, 15) is 9.59 Å². The van der Waals surface area contributed by atoms with Crippen molar-refractivity contribution in [3.05, 3.63) is 102 Å². The zero-order chi connectivity index (χ0) is 29.3. The quantitative estimate of drug-likeness (QED) is 0.244. The summed E-state index contributed by atoms with van der Waals surface area (Å²) in [6.07, 6.45) is 6.01. The fraction of sp³-hybridized carbons (Fsp3) is 0.294. The number of fused-ring (bicyclic) bond motifs is 3. The lowest BCUT2D eigenvalue weighted by molar-refractivity contribution is -0.123. The fourth-order valence-corrected chi connectivity index (χ4v) is 6.54. The summed E-state index contributed by atoms with van der Waals surface area (Å²) < 4.78 is 0. The number of hydrogen-bond donors (Lipinski definition) is 3. The summed E-state index contributed by atoms with van der Waals surface area (Å²) in [6, 6.07) is 22.3. The number of aromatic nitrogens is 3. The minimum absolute atomic E-state index is 0.0239. The zero-order valence-corrected chi connectivity index (χ0v) is 24.2. The number of hydrogen-bond acceptors (Lipinski definition) is 5. The van der Waals surface area contributed by atoms with E-state index in [1.165, 1.54) is 0 Å². The van der Waals surface area contributed by atoms with E-state index in [2.05, 4.69) is 63.0 Å². The molecule has 5 aromatic rings. The molecular weight excluding hydrogens is 538 g/mol. The maximum atomic E-state index is 13.5. The van der Waals surface area contributed by atoms with Crippen LogP contribution < -0.4 is 10.6 Å². The number of nitrogens with zero attached hydrogens (tertiary/aromatic N) is 4. The fourth-order valence-electron chi connectivity index (χ4n) is 6.54. The van der Waals surface area contributed by atoms with Crippen LogP contribution >= 0.6 is 0 Å². The van der Waals surface area contributed by atoms with Gasteiger partial charge < -0.3 is 15.5 Å². The molecule has 9 heteroatoms. The molecule has 43 heavy (non-hydrogen) atoms. The molecule has 1 fully saturated rings. The highest BCUT2D eigenvalue weighted by atomic mass is 16.2.